The number of sulfonamides is 1. The summed E-state index contributed by atoms with van der Waals surface area (Å²) in [4.78, 5) is 28.2. The Morgan fingerprint density at radius 1 is 1.00 bits per heavy atom. The molecule has 7 nitrogen and oxygen atoms in total. The van der Waals surface area contributed by atoms with Gasteiger partial charge in [0.15, 0.2) is 5.78 Å². The first-order chi connectivity index (χ1) is 13.8. The van der Waals surface area contributed by atoms with E-state index in [1.807, 2.05) is 20.0 Å². The predicted octanol–water partition coefficient (Wildman–Crippen LogP) is 2.59. The first-order valence-electron chi connectivity index (χ1n) is 9.44. The number of ketones is 1. The molecule has 0 saturated carbocycles. The van der Waals surface area contributed by atoms with Crippen LogP contribution in [0.5, 0.6) is 0 Å². The van der Waals surface area contributed by atoms with Crippen LogP contribution in [0.1, 0.15) is 27.4 Å². The molecule has 2 aromatic rings. The second kappa shape index (κ2) is 9.17. The van der Waals surface area contributed by atoms with E-state index in [1.54, 1.807) is 18.2 Å². The minimum Gasteiger partial charge on any atom is -0.326 e. The van der Waals surface area contributed by atoms with Crippen LogP contribution in [0, 0.1) is 6.92 Å². The van der Waals surface area contributed by atoms with Crippen molar-refractivity contribution in [3.05, 3.63) is 46.2 Å². The highest BCUT2D eigenvalue weighted by molar-refractivity contribution is 7.89. The fraction of sp³-hybridized carbons (Fsp3) is 0.400. The number of likely N-dealkylation sites (N-methyl/N-ethyl adjacent to an activating group) is 1. The van der Waals surface area contributed by atoms with E-state index in [-0.39, 0.29) is 29.4 Å². The Morgan fingerprint density at radius 2 is 1.66 bits per heavy atom. The van der Waals surface area contributed by atoms with Crippen molar-refractivity contribution in [1.82, 2.24) is 9.21 Å². The number of carbonyl (C=O) groups excluding carboxylic acids is 2. The lowest BCUT2D eigenvalue weighted by Gasteiger charge is -2.31. The van der Waals surface area contributed by atoms with Crippen LogP contribution in [0.15, 0.2) is 41.3 Å². The largest absolute Gasteiger partial charge is 0.326 e. The van der Waals surface area contributed by atoms with Crippen molar-refractivity contribution in [3.63, 3.8) is 0 Å². The molecule has 1 amide bonds. The fourth-order valence-corrected chi connectivity index (χ4v) is 5.30. The van der Waals surface area contributed by atoms with Crippen LogP contribution < -0.4 is 5.32 Å². The number of rotatable bonds is 7. The topological polar surface area (TPSA) is 86.8 Å². The summed E-state index contributed by atoms with van der Waals surface area (Å²) in [5.74, 6) is -0.326. The minimum atomic E-state index is -3.53. The second-order valence-electron chi connectivity index (χ2n) is 7.11. The van der Waals surface area contributed by atoms with E-state index >= 15 is 0 Å². The summed E-state index contributed by atoms with van der Waals surface area (Å²) in [5.41, 5.74) is 0.506. The molecule has 2 heterocycles. The maximum atomic E-state index is 12.7. The number of hydrogen-bond donors (Lipinski definition) is 1. The Balaban J connectivity index is 1.54. The van der Waals surface area contributed by atoms with Crippen molar-refractivity contribution in [3.8, 4) is 0 Å². The molecule has 0 atom stereocenters. The molecule has 29 heavy (non-hydrogen) atoms. The van der Waals surface area contributed by atoms with E-state index < -0.39 is 10.0 Å². The number of nitrogens with zero attached hydrogens (tertiary/aromatic N) is 2. The lowest BCUT2D eigenvalue weighted by Crippen LogP contribution is -2.46. The first-order valence-corrected chi connectivity index (χ1v) is 11.7. The van der Waals surface area contributed by atoms with Gasteiger partial charge < -0.3 is 10.2 Å². The smallest absolute Gasteiger partial charge is 0.243 e. The first kappa shape index (κ1) is 21.6. The summed E-state index contributed by atoms with van der Waals surface area (Å²) in [6.07, 6.45) is 0.221. The number of nitrogens with one attached hydrogen (secondary N) is 1. The Labute approximate surface area is 175 Å². The van der Waals surface area contributed by atoms with Gasteiger partial charge in [-0.2, -0.15) is 4.31 Å². The van der Waals surface area contributed by atoms with Gasteiger partial charge in [-0.05, 0) is 50.4 Å². The van der Waals surface area contributed by atoms with E-state index in [4.69, 9.17) is 0 Å². The van der Waals surface area contributed by atoms with Crippen molar-refractivity contribution < 1.29 is 18.0 Å². The van der Waals surface area contributed by atoms with Gasteiger partial charge in [-0.25, -0.2) is 8.42 Å². The number of piperazine rings is 1. The van der Waals surface area contributed by atoms with E-state index in [1.165, 1.54) is 27.8 Å². The van der Waals surface area contributed by atoms with Crippen LogP contribution >= 0.6 is 11.3 Å². The zero-order chi connectivity index (χ0) is 21.0. The normalized spacial score (nSPS) is 15.9. The number of anilines is 1. The highest BCUT2D eigenvalue weighted by Gasteiger charge is 2.27. The number of amides is 1. The monoisotopic (exact) mass is 435 g/mol. The molecule has 0 aliphatic carbocycles. The summed E-state index contributed by atoms with van der Waals surface area (Å²) in [5, 5.41) is 2.72. The van der Waals surface area contributed by atoms with Crippen molar-refractivity contribution in [1.29, 1.82) is 0 Å². The molecule has 1 saturated heterocycles. The summed E-state index contributed by atoms with van der Waals surface area (Å²) < 4.78 is 26.9. The van der Waals surface area contributed by atoms with Gasteiger partial charge >= 0.3 is 0 Å². The van der Waals surface area contributed by atoms with Crippen molar-refractivity contribution in [2.24, 2.45) is 0 Å². The Bertz CT molecular complexity index is 975. The van der Waals surface area contributed by atoms with Crippen LogP contribution in [0.25, 0.3) is 0 Å². The molecular weight excluding hydrogens is 410 g/mol. The highest BCUT2D eigenvalue weighted by atomic mass is 32.2. The lowest BCUT2D eigenvalue weighted by molar-refractivity contribution is -0.116. The highest BCUT2D eigenvalue weighted by Crippen LogP contribution is 2.20. The molecule has 156 valence electrons. The molecule has 1 aromatic heterocycles. The van der Waals surface area contributed by atoms with E-state index in [0.717, 1.165) is 4.88 Å². The molecule has 3 rings (SSSR count). The Morgan fingerprint density at radius 3 is 2.24 bits per heavy atom. The zero-order valence-electron chi connectivity index (χ0n) is 16.6. The maximum absolute atomic E-state index is 12.7. The standard InChI is InChI=1S/C20H25N3O4S2/c1-15-3-9-19(28-15)18(24)8-10-20(25)21-16-4-6-17(7-5-16)29(26,27)23-13-11-22(2)12-14-23/h3-7,9H,8,10-14H2,1-2H3,(H,21,25). The van der Waals surface area contributed by atoms with Crippen LogP contribution in [0.2, 0.25) is 0 Å². The number of thiophene rings is 1. The van der Waals surface area contributed by atoms with Gasteiger partial charge in [-0.3, -0.25) is 9.59 Å². The second-order valence-corrected chi connectivity index (χ2v) is 10.3. The van der Waals surface area contributed by atoms with Gasteiger partial charge in [-0.15, -0.1) is 11.3 Å². The molecular formula is C20H25N3O4S2. The van der Waals surface area contributed by atoms with E-state index in [2.05, 4.69) is 10.2 Å². The van der Waals surface area contributed by atoms with Crippen molar-refractivity contribution in [2.75, 3.05) is 38.5 Å². The number of aryl methyl sites for hydroxylation is 1. The van der Waals surface area contributed by atoms with E-state index in [0.29, 0.717) is 36.7 Å². The third kappa shape index (κ3) is 5.51. The summed E-state index contributed by atoms with van der Waals surface area (Å²) in [6.45, 7) is 4.28. The van der Waals surface area contributed by atoms with Gasteiger partial charge in [0.2, 0.25) is 15.9 Å². The molecule has 1 fully saturated rings. The zero-order valence-corrected chi connectivity index (χ0v) is 18.2. The lowest BCUT2D eigenvalue weighted by atomic mass is 10.2. The summed E-state index contributed by atoms with van der Waals surface area (Å²) >= 11 is 1.42. The number of benzene rings is 1. The molecule has 1 aliphatic heterocycles. The summed E-state index contributed by atoms with van der Waals surface area (Å²) in [6, 6.07) is 9.82. The maximum Gasteiger partial charge on any atom is 0.243 e. The van der Waals surface area contributed by atoms with Gasteiger partial charge in [0, 0.05) is 49.6 Å². The van der Waals surface area contributed by atoms with Crippen LogP contribution in [-0.4, -0.2) is 62.5 Å². The van der Waals surface area contributed by atoms with Gasteiger partial charge in [0.05, 0.1) is 9.77 Å². The number of carbonyl (C=O) groups is 2. The third-order valence-corrected chi connectivity index (χ3v) is 7.79. The van der Waals surface area contributed by atoms with Crippen LogP contribution in [0.4, 0.5) is 5.69 Å². The van der Waals surface area contributed by atoms with Gasteiger partial charge in [-0.1, -0.05) is 0 Å². The Hall–Kier alpha value is -2.07. The van der Waals surface area contributed by atoms with E-state index in [9.17, 15) is 18.0 Å². The SMILES string of the molecule is Cc1ccc(C(=O)CCC(=O)Nc2ccc(S(=O)(=O)N3CCN(C)CC3)cc2)s1. The molecule has 1 N–H and O–H groups in total. The number of Topliss-reactive ketones (excluding diaryl/α,β-unsaturated/α-hetero) is 1. The third-order valence-electron chi connectivity index (χ3n) is 4.83. The molecule has 1 aromatic carbocycles. The molecule has 9 heteroatoms. The number of hydrogen-bond acceptors (Lipinski definition) is 6. The van der Waals surface area contributed by atoms with Crippen LogP contribution in [-0.2, 0) is 14.8 Å². The predicted molar refractivity (Wildman–Crippen MR) is 114 cm³/mol. The summed E-state index contributed by atoms with van der Waals surface area (Å²) in [7, 11) is -1.56. The van der Waals surface area contributed by atoms with Crippen molar-refractivity contribution >= 4 is 38.7 Å². The molecule has 1 aliphatic rings. The molecule has 0 radical (unpaired) electrons. The quantitative estimate of drug-likeness (QED) is 0.676. The molecule has 0 spiro atoms. The van der Waals surface area contributed by atoms with Gasteiger partial charge in [0.1, 0.15) is 0 Å². The van der Waals surface area contributed by atoms with Gasteiger partial charge in [0.25, 0.3) is 0 Å². The molecule has 0 bridgehead atoms. The van der Waals surface area contributed by atoms with Crippen LogP contribution in [0.3, 0.4) is 0 Å². The molecule has 0 unspecified atom stereocenters. The minimum absolute atomic E-state index is 0.0492. The average Bonchev–Trinajstić information content (AvgIpc) is 3.13. The average molecular weight is 436 g/mol. The fourth-order valence-electron chi connectivity index (χ4n) is 3.05. The van der Waals surface area contributed by atoms with Crippen molar-refractivity contribution in [2.45, 2.75) is 24.7 Å². The Kier molecular flexibility index (Phi) is 6.84.